The van der Waals surface area contributed by atoms with Gasteiger partial charge in [-0.25, -0.2) is 0 Å². The van der Waals surface area contributed by atoms with Crippen LogP contribution in [0, 0.1) is 0 Å². The Kier molecular flexibility index (Phi) is 41.4. The van der Waals surface area contributed by atoms with Gasteiger partial charge in [0.15, 0.2) is 6.10 Å². The van der Waals surface area contributed by atoms with Crippen LogP contribution in [0.5, 0.6) is 0 Å². The maximum atomic E-state index is 12.7. The van der Waals surface area contributed by atoms with Crippen molar-refractivity contribution in [3.05, 3.63) is 12.2 Å². The highest BCUT2D eigenvalue weighted by Gasteiger charge is 2.19. The second-order valence-electron chi connectivity index (χ2n) is 15.7. The van der Waals surface area contributed by atoms with Gasteiger partial charge in [-0.1, -0.05) is 206 Å². The minimum Gasteiger partial charge on any atom is -0.462 e. The van der Waals surface area contributed by atoms with Crippen molar-refractivity contribution in [1.29, 1.82) is 0 Å². The van der Waals surface area contributed by atoms with E-state index in [0.717, 1.165) is 57.8 Å². The van der Waals surface area contributed by atoms with Gasteiger partial charge in [0, 0.05) is 19.3 Å². The average Bonchev–Trinajstić information content (AvgIpc) is 3.15. The van der Waals surface area contributed by atoms with Crippen molar-refractivity contribution in [1.82, 2.24) is 0 Å². The molecule has 0 radical (unpaired) electrons. The van der Waals surface area contributed by atoms with Gasteiger partial charge in [0.25, 0.3) is 0 Å². The molecule has 0 aliphatic rings. The minimum atomic E-state index is -0.771. The number of hydrogen-bond acceptors (Lipinski definition) is 6. The molecule has 0 aromatic rings. The predicted octanol–water partition coefficient (Wildman–Crippen LogP) is 14.6. The first-order valence-corrected chi connectivity index (χ1v) is 23.2. The second-order valence-corrected chi connectivity index (χ2v) is 15.7. The number of carbonyl (C=O) groups is 3. The molecule has 0 N–H and O–H groups in total. The summed E-state index contributed by atoms with van der Waals surface area (Å²) in [7, 11) is 0. The Hall–Kier alpha value is -1.85. The van der Waals surface area contributed by atoms with E-state index in [9.17, 15) is 14.4 Å². The molecule has 0 saturated carbocycles. The van der Waals surface area contributed by atoms with Crippen molar-refractivity contribution in [3.63, 3.8) is 0 Å². The maximum absolute atomic E-state index is 12.7. The lowest BCUT2D eigenvalue weighted by molar-refractivity contribution is -0.167. The monoisotopic (exact) mass is 749 g/mol. The number of esters is 3. The van der Waals surface area contributed by atoms with E-state index < -0.39 is 6.10 Å². The number of hydrogen-bond donors (Lipinski definition) is 0. The first-order valence-electron chi connectivity index (χ1n) is 23.2. The molecule has 1 unspecified atom stereocenters. The molecule has 6 heteroatoms. The molecule has 0 spiro atoms. The van der Waals surface area contributed by atoms with Crippen LogP contribution in [0.1, 0.15) is 252 Å². The fourth-order valence-corrected chi connectivity index (χ4v) is 6.74. The molecule has 0 rings (SSSR count). The first-order chi connectivity index (χ1) is 26.0. The van der Waals surface area contributed by atoms with Gasteiger partial charge < -0.3 is 14.2 Å². The SMILES string of the molecule is CCCCCC/C=C\CCCC(=O)OCC(COC(=O)CCCCCCCCCCCCCCC)OC(=O)CCCCCCCCCCCCCCC. The lowest BCUT2D eigenvalue weighted by Crippen LogP contribution is -2.30. The van der Waals surface area contributed by atoms with Crippen LogP contribution in [0.4, 0.5) is 0 Å². The predicted molar refractivity (Wildman–Crippen MR) is 224 cm³/mol. The quantitative estimate of drug-likeness (QED) is 0.0268. The molecule has 0 amide bonds. The molecule has 0 bridgehead atoms. The van der Waals surface area contributed by atoms with Crippen LogP contribution in [-0.2, 0) is 28.6 Å². The third kappa shape index (κ3) is 41.2. The van der Waals surface area contributed by atoms with E-state index in [1.165, 1.54) is 154 Å². The summed E-state index contributed by atoms with van der Waals surface area (Å²) in [6.45, 7) is 6.59. The Labute approximate surface area is 329 Å². The Balaban J connectivity index is 4.33. The number of ether oxygens (including phenoxy) is 3. The Morgan fingerprint density at radius 3 is 1.02 bits per heavy atom. The lowest BCUT2D eigenvalue weighted by atomic mass is 10.0. The molecular formula is C47H88O6. The molecule has 0 aliphatic heterocycles. The van der Waals surface area contributed by atoms with Crippen molar-refractivity contribution in [2.24, 2.45) is 0 Å². The van der Waals surface area contributed by atoms with E-state index in [1.807, 2.05) is 0 Å². The van der Waals surface area contributed by atoms with Gasteiger partial charge in [0.05, 0.1) is 0 Å². The van der Waals surface area contributed by atoms with Crippen molar-refractivity contribution < 1.29 is 28.6 Å². The smallest absolute Gasteiger partial charge is 0.306 e. The van der Waals surface area contributed by atoms with E-state index in [2.05, 4.69) is 32.9 Å². The lowest BCUT2D eigenvalue weighted by Gasteiger charge is -2.18. The van der Waals surface area contributed by atoms with E-state index in [1.54, 1.807) is 0 Å². The topological polar surface area (TPSA) is 78.9 Å². The molecule has 1 atom stereocenters. The fraction of sp³-hybridized carbons (Fsp3) is 0.894. The molecule has 0 heterocycles. The highest BCUT2D eigenvalue weighted by atomic mass is 16.6. The standard InChI is InChI=1S/C47H88O6/c1-4-7-10-13-16-19-21-23-25-28-31-34-37-40-46(49)52-43-44(42-51-45(48)39-36-33-30-27-18-15-12-9-6-3)53-47(50)41-38-35-32-29-26-24-22-20-17-14-11-8-5-2/h27,30,44H,4-26,28-29,31-43H2,1-3H3/b30-27-. The molecule has 6 nitrogen and oxygen atoms in total. The Morgan fingerprint density at radius 2 is 0.642 bits per heavy atom. The zero-order valence-corrected chi connectivity index (χ0v) is 35.6. The summed E-state index contributed by atoms with van der Waals surface area (Å²) >= 11 is 0. The van der Waals surface area contributed by atoms with Crippen molar-refractivity contribution in [3.8, 4) is 0 Å². The third-order valence-corrected chi connectivity index (χ3v) is 10.3. The maximum Gasteiger partial charge on any atom is 0.306 e. The van der Waals surface area contributed by atoms with Crippen LogP contribution in [0.15, 0.2) is 12.2 Å². The largest absolute Gasteiger partial charge is 0.462 e. The third-order valence-electron chi connectivity index (χ3n) is 10.3. The molecule has 0 aliphatic carbocycles. The van der Waals surface area contributed by atoms with Crippen LogP contribution < -0.4 is 0 Å². The molecular weight excluding hydrogens is 661 g/mol. The van der Waals surface area contributed by atoms with Crippen LogP contribution >= 0.6 is 0 Å². The van der Waals surface area contributed by atoms with E-state index >= 15 is 0 Å². The minimum absolute atomic E-state index is 0.0737. The summed E-state index contributed by atoms with van der Waals surface area (Å²) in [6.07, 6.45) is 44.8. The molecule has 0 saturated heterocycles. The van der Waals surface area contributed by atoms with E-state index in [0.29, 0.717) is 19.3 Å². The Morgan fingerprint density at radius 1 is 0.358 bits per heavy atom. The van der Waals surface area contributed by atoms with Gasteiger partial charge in [0.2, 0.25) is 0 Å². The fourth-order valence-electron chi connectivity index (χ4n) is 6.74. The van der Waals surface area contributed by atoms with Crippen LogP contribution in [0.2, 0.25) is 0 Å². The zero-order valence-electron chi connectivity index (χ0n) is 35.6. The highest BCUT2D eigenvalue weighted by molar-refractivity contribution is 5.71. The van der Waals surface area contributed by atoms with Crippen molar-refractivity contribution in [2.45, 2.75) is 258 Å². The summed E-state index contributed by atoms with van der Waals surface area (Å²) in [4.78, 5) is 37.6. The summed E-state index contributed by atoms with van der Waals surface area (Å²) in [5.41, 5.74) is 0. The summed E-state index contributed by atoms with van der Waals surface area (Å²) in [6, 6.07) is 0. The summed E-state index contributed by atoms with van der Waals surface area (Å²) in [5, 5.41) is 0. The van der Waals surface area contributed by atoms with Gasteiger partial charge in [-0.3, -0.25) is 14.4 Å². The van der Waals surface area contributed by atoms with Crippen molar-refractivity contribution >= 4 is 17.9 Å². The molecule has 53 heavy (non-hydrogen) atoms. The second kappa shape index (κ2) is 42.9. The number of rotatable bonds is 42. The van der Waals surface area contributed by atoms with Crippen LogP contribution in [0.25, 0.3) is 0 Å². The van der Waals surface area contributed by atoms with Gasteiger partial charge in [-0.2, -0.15) is 0 Å². The normalized spacial score (nSPS) is 12.0. The van der Waals surface area contributed by atoms with Gasteiger partial charge in [-0.15, -0.1) is 0 Å². The highest BCUT2D eigenvalue weighted by Crippen LogP contribution is 2.15. The summed E-state index contributed by atoms with van der Waals surface area (Å²) in [5.74, 6) is -0.902. The molecule has 0 aromatic carbocycles. The molecule has 312 valence electrons. The van der Waals surface area contributed by atoms with Gasteiger partial charge >= 0.3 is 17.9 Å². The average molecular weight is 749 g/mol. The van der Waals surface area contributed by atoms with Crippen molar-refractivity contribution in [2.75, 3.05) is 13.2 Å². The van der Waals surface area contributed by atoms with E-state index in [4.69, 9.17) is 14.2 Å². The first kappa shape index (κ1) is 51.1. The van der Waals surface area contributed by atoms with Gasteiger partial charge in [0.1, 0.15) is 13.2 Å². The van der Waals surface area contributed by atoms with E-state index in [-0.39, 0.29) is 31.1 Å². The van der Waals surface area contributed by atoms with Gasteiger partial charge in [-0.05, 0) is 38.5 Å². The Bertz CT molecular complexity index is 824. The number of unbranched alkanes of at least 4 members (excludes halogenated alkanes) is 29. The molecule has 0 fully saturated rings. The number of allylic oxidation sites excluding steroid dienone is 2. The van der Waals surface area contributed by atoms with Crippen LogP contribution in [0.3, 0.4) is 0 Å². The zero-order chi connectivity index (χ0) is 38.7. The molecule has 0 aromatic heterocycles. The number of carbonyl (C=O) groups excluding carboxylic acids is 3. The summed E-state index contributed by atoms with van der Waals surface area (Å²) < 4.78 is 16.7. The van der Waals surface area contributed by atoms with Crippen LogP contribution in [-0.4, -0.2) is 37.2 Å².